The summed E-state index contributed by atoms with van der Waals surface area (Å²) >= 11 is 0. The molecular formula is C25H50O8. The Morgan fingerprint density at radius 3 is 1.30 bits per heavy atom. The normalized spacial score (nSPS) is 12.2. The smallest absolute Gasteiger partial charge is 0.308 e. The molecule has 0 radical (unpaired) electrons. The van der Waals surface area contributed by atoms with Crippen LogP contribution in [-0.4, -0.2) is 91.9 Å². The van der Waals surface area contributed by atoms with Crippen LogP contribution in [0.1, 0.15) is 65.7 Å². The molecule has 0 N–H and O–H groups in total. The minimum absolute atomic E-state index is 0.0111. The van der Waals surface area contributed by atoms with Crippen molar-refractivity contribution < 1.29 is 38.0 Å². The zero-order valence-electron chi connectivity index (χ0n) is 21.5. The van der Waals surface area contributed by atoms with Crippen molar-refractivity contribution in [3.05, 3.63) is 0 Å². The summed E-state index contributed by atoms with van der Waals surface area (Å²) in [5.74, 6) is -0.0979. The van der Waals surface area contributed by atoms with E-state index in [0.717, 1.165) is 38.7 Å². The van der Waals surface area contributed by atoms with E-state index >= 15 is 0 Å². The summed E-state index contributed by atoms with van der Waals surface area (Å²) < 4.78 is 38.0. The Hall–Kier alpha value is -0.770. The Balaban J connectivity index is 3.19. The van der Waals surface area contributed by atoms with Crippen LogP contribution in [-0.2, 0) is 38.0 Å². The number of ether oxygens (including phenoxy) is 7. The molecule has 0 aromatic heterocycles. The third kappa shape index (κ3) is 24.2. The van der Waals surface area contributed by atoms with Crippen LogP contribution >= 0.6 is 0 Å². The second-order valence-corrected chi connectivity index (χ2v) is 7.80. The van der Waals surface area contributed by atoms with Gasteiger partial charge < -0.3 is 33.2 Å². The van der Waals surface area contributed by atoms with E-state index < -0.39 is 0 Å². The molecule has 0 aliphatic heterocycles. The topological polar surface area (TPSA) is 81.7 Å². The molecule has 0 rings (SSSR count). The molecule has 0 spiro atoms. The fourth-order valence-electron chi connectivity index (χ4n) is 2.91. The summed E-state index contributed by atoms with van der Waals surface area (Å²) in [7, 11) is 0. The second kappa shape index (κ2) is 27.5. The van der Waals surface area contributed by atoms with Crippen LogP contribution in [0, 0.1) is 5.92 Å². The standard InChI is InChI=1S/C25H50O8/c1-4-7-9-11-27-12-13-28-14-15-29-16-17-30-18-19-31-20-21-32-22-23-33-25(26)24(6-3)10-8-5-2/h24H,4-23H2,1-3H3. The average molecular weight is 479 g/mol. The highest BCUT2D eigenvalue weighted by Crippen LogP contribution is 2.14. The largest absolute Gasteiger partial charge is 0.463 e. The van der Waals surface area contributed by atoms with Crippen molar-refractivity contribution in [2.45, 2.75) is 65.7 Å². The molecule has 0 aliphatic rings. The van der Waals surface area contributed by atoms with Gasteiger partial charge in [0.1, 0.15) is 6.61 Å². The van der Waals surface area contributed by atoms with E-state index in [4.69, 9.17) is 33.2 Å². The molecule has 33 heavy (non-hydrogen) atoms. The Morgan fingerprint density at radius 1 is 0.515 bits per heavy atom. The van der Waals surface area contributed by atoms with Crippen molar-refractivity contribution >= 4 is 5.97 Å². The molecule has 0 aliphatic carbocycles. The summed E-state index contributed by atoms with van der Waals surface area (Å²) in [6.45, 7) is 13.3. The number of esters is 1. The van der Waals surface area contributed by atoms with Crippen molar-refractivity contribution in [3.8, 4) is 0 Å². The minimum Gasteiger partial charge on any atom is -0.463 e. The third-order valence-corrected chi connectivity index (χ3v) is 4.96. The highest BCUT2D eigenvalue weighted by molar-refractivity contribution is 5.72. The highest BCUT2D eigenvalue weighted by Gasteiger charge is 2.16. The van der Waals surface area contributed by atoms with Crippen LogP contribution in [0.2, 0.25) is 0 Å². The van der Waals surface area contributed by atoms with Crippen LogP contribution in [0.15, 0.2) is 0 Å². The molecule has 0 aromatic carbocycles. The van der Waals surface area contributed by atoms with Crippen molar-refractivity contribution in [2.24, 2.45) is 5.92 Å². The van der Waals surface area contributed by atoms with Gasteiger partial charge in [-0.3, -0.25) is 4.79 Å². The Labute approximate surface area is 201 Å². The molecule has 0 aromatic rings. The highest BCUT2D eigenvalue weighted by atomic mass is 16.6. The van der Waals surface area contributed by atoms with Crippen LogP contribution < -0.4 is 0 Å². The third-order valence-electron chi connectivity index (χ3n) is 4.96. The van der Waals surface area contributed by atoms with E-state index in [1.165, 1.54) is 12.8 Å². The maximum Gasteiger partial charge on any atom is 0.308 e. The maximum absolute atomic E-state index is 12.0. The number of hydrogen-bond acceptors (Lipinski definition) is 8. The summed E-state index contributed by atoms with van der Waals surface area (Å²) in [6, 6.07) is 0. The lowest BCUT2D eigenvalue weighted by molar-refractivity contribution is -0.150. The SMILES string of the molecule is CCCCCOCCOCCOCCOCCOCCOCCOC(=O)C(CC)CCCC. The maximum atomic E-state index is 12.0. The lowest BCUT2D eigenvalue weighted by Crippen LogP contribution is -2.20. The fourth-order valence-corrected chi connectivity index (χ4v) is 2.91. The van der Waals surface area contributed by atoms with Gasteiger partial charge in [-0.15, -0.1) is 0 Å². The van der Waals surface area contributed by atoms with Crippen LogP contribution in [0.3, 0.4) is 0 Å². The van der Waals surface area contributed by atoms with Gasteiger partial charge in [0.15, 0.2) is 0 Å². The van der Waals surface area contributed by atoms with Gasteiger partial charge in [0.25, 0.3) is 0 Å². The summed E-state index contributed by atoms with van der Waals surface area (Å²) in [5, 5.41) is 0. The van der Waals surface area contributed by atoms with Gasteiger partial charge in [-0.25, -0.2) is 0 Å². The predicted octanol–water partition coefficient (Wildman–Crippen LogP) is 4.04. The molecule has 0 fully saturated rings. The van der Waals surface area contributed by atoms with E-state index in [2.05, 4.69) is 13.8 Å². The lowest BCUT2D eigenvalue weighted by Gasteiger charge is -2.13. The van der Waals surface area contributed by atoms with Crippen molar-refractivity contribution in [1.29, 1.82) is 0 Å². The van der Waals surface area contributed by atoms with Gasteiger partial charge in [0.05, 0.1) is 78.6 Å². The first kappa shape index (κ1) is 32.2. The van der Waals surface area contributed by atoms with E-state index in [0.29, 0.717) is 79.3 Å². The molecule has 0 heterocycles. The molecule has 0 saturated carbocycles. The molecule has 0 amide bonds. The average Bonchev–Trinajstić information content (AvgIpc) is 2.82. The van der Waals surface area contributed by atoms with Crippen molar-refractivity contribution in [1.82, 2.24) is 0 Å². The van der Waals surface area contributed by atoms with Gasteiger partial charge in [-0.2, -0.15) is 0 Å². The summed E-state index contributed by atoms with van der Waals surface area (Å²) in [5.41, 5.74) is 0. The van der Waals surface area contributed by atoms with E-state index in [1.54, 1.807) is 0 Å². The zero-order chi connectivity index (χ0) is 24.2. The van der Waals surface area contributed by atoms with Crippen LogP contribution in [0.4, 0.5) is 0 Å². The van der Waals surface area contributed by atoms with Gasteiger partial charge in [-0.05, 0) is 19.3 Å². The minimum atomic E-state index is -0.109. The lowest BCUT2D eigenvalue weighted by atomic mass is 10.00. The fraction of sp³-hybridized carbons (Fsp3) is 0.960. The Kier molecular flexibility index (Phi) is 26.8. The van der Waals surface area contributed by atoms with Gasteiger partial charge in [-0.1, -0.05) is 46.5 Å². The monoisotopic (exact) mass is 478 g/mol. The van der Waals surface area contributed by atoms with E-state index in [1.807, 2.05) is 6.92 Å². The van der Waals surface area contributed by atoms with Crippen molar-refractivity contribution in [2.75, 3.05) is 85.9 Å². The number of carbonyl (C=O) groups is 1. The van der Waals surface area contributed by atoms with Crippen molar-refractivity contribution in [3.63, 3.8) is 0 Å². The second-order valence-electron chi connectivity index (χ2n) is 7.80. The summed E-state index contributed by atoms with van der Waals surface area (Å²) in [6.07, 6.45) is 7.43. The molecule has 0 saturated heterocycles. The first-order valence-corrected chi connectivity index (χ1v) is 12.9. The Morgan fingerprint density at radius 2 is 0.909 bits per heavy atom. The van der Waals surface area contributed by atoms with Crippen LogP contribution in [0.5, 0.6) is 0 Å². The number of unbranched alkanes of at least 4 members (excludes halogenated alkanes) is 3. The molecule has 8 nitrogen and oxygen atoms in total. The first-order valence-electron chi connectivity index (χ1n) is 12.9. The van der Waals surface area contributed by atoms with Gasteiger partial charge >= 0.3 is 5.97 Å². The zero-order valence-corrected chi connectivity index (χ0v) is 21.5. The number of carbonyl (C=O) groups excluding carboxylic acids is 1. The molecule has 1 atom stereocenters. The Bertz CT molecular complexity index is 395. The molecule has 8 heteroatoms. The van der Waals surface area contributed by atoms with E-state index in [9.17, 15) is 4.79 Å². The van der Waals surface area contributed by atoms with Gasteiger partial charge in [0, 0.05) is 6.61 Å². The van der Waals surface area contributed by atoms with E-state index in [-0.39, 0.29) is 11.9 Å². The predicted molar refractivity (Wildman–Crippen MR) is 129 cm³/mol. The van der Waals surface area contributed by atoms with Gasteiger partial charge in [0.2, 0.25) is 0 Å². The number of hydrogen-bond donors (Lipinski definition) is 0. The molecular weight excluding hydrogens is 428 g/mol. The quantitative estimate of drug-likeness (QED) is 0.129. The molecule has 1 unspecified atom stereocenters. The number of rotatable bonds is 27. The van der Waals surface area contributed by atoms with Crippen LogP contribution in [0.25, 0.3) is 0 Å². The molecule has 198 valence electrons. The summed E-state index contributed by atoms with van der Waals surface area (Å²) in [4.78, 5) is 12.0. The first-order chi connectivity index (χ1) is 16.3. The molecule has 0 bridgehead atoms.